The summed E-state index contributed by atoms with van der Waals surface area (Å²) in [6, 6.07) is 7.48. The highest BCUT2D eigenvalue weighted by Crippen LogP contribution is 2.31. The number of primary sulfonamides is 1. The Kier molecular flexibility index (Phi) is 3.94. The smallest absolute Gasteiger partial charge is 0.249 e. The molecule has 0 bridgehead atoms. The van der Waals surface area contributed by atoms with E-state index in [1.807, 2.05) is 36.2 Å². The first kappa shape index (κ1) is 15.1. The number of ether oxygens (including phenoxy) is 2. The van der Waals surface area contributed by atoms with Gasteiger partial charge >= 0.3 is 0 Å². The Labute approximate surface area is 132 Å². The summed E-state index contributed by atoms with van der Waals surface area (Å²) < 4.78 is 34.1. The number of thiazole rings is 1. The van der Waals surface area contributed by atoms with Crippen molar-refractivity contribution in [2.75, 3.05) is 25.1 Å². The van der Waals surface area contributed by atoms with Crippen molar-refractivity contribution in [1.29, 1.82) is 0 Å². The molecule has 0 unspecified atom stereocenters. The average molecular weight is 341 g/mol. The van der Waals surface area contributed by atoms with Gasteiger partial charge in [0.25, 0.3) is 0 Å². The topological polar surface area (TPSA) is 94.8 Å². The minimum Gasteiger partial charge on any atom is -0.486 e. The molecular weight excluding hydrogens is 326 g/mol. The van der Waals surface area contributed by atoms with Gasteiger partial charge in [-0.25, -0.2) is 18.5 Å². The maximum absolute atomic E-state index is 11.3. The summed E-state index contributed by atoms with van der Waals surface area (Å²) in [5.41, 5.74) is 0. The fourth-order valence-electron chi connectivity index (χ4n) is 2.10. The third-order valence-electron chi connectivity index (χ3n) is 3.12. The van der Waals surface area contributed by atoms with Crippen LogP contribution in [0.4, 0.5) is 5.13 Å². The maximum Gasteiger partial charge on any atom is 0.249 e. The van der Waals surface area contributed by atoms with Gasteiger partial charge in [-0.15, -0.1) is 0 Å². The molecule has 1 aliphatic rings. The van der Waals surface area contributed by atoms with Gasteiger partial charge in [-0.1, -0.05) is 23.5 Å². The van der Waals surface area contributed by atoms with Crippen molar-refractivity contribution in [1.82, 2.24) is 4.98 Å². The van der Waals surface area contributed by atoms with E-state index in [0.29, 0.717) is 24.0 Å². The molecule has 1 aromatic carbocycles. The molecule has 22 heavy (non-hydrogen) atoms. The second-order valence-corrected chi connectivity index (χ2v) is 7.68. The van der Waals surface area contributed by atoms with E-state index < -0.39 is 10.0 Å². The molecule has 0 fully saturated rings. The monoisotopic (exact) mass is 341 g/mol. The standard InChI is InChI=1S/C13H15N3O4S2/c1-16(13-15-6-12(21-13)22(14,17)18)7-9-8-19-10-4-2-3-5-11(10)20-9/h2-6,9H,7-8H2,1H3,(H2,14,17,18)/t9-/m1/s1. The summed E-state index contributed by atoms with van der Waals surface area (Å²) in [5, 5.41) is 5.65. The predicted molar refractivity (Wildman–Crippen MR) is 83.1 cm³/mol. The van der Waals surface area contributed by atoms with Crippen LogP contribution < -0.4 is 19.5 Å². The summed E-state index contributed by atoms with van der Waals surface area (Å²) in [7, 11) is -1.90. The molecule has 1 aliphatic heterocycles. The average Bonchev–Trinajstić information content (AvgIpc) is 2.97. The van der Waals surface area contributed by atoms with Crippen LogP contribution >= 0.6 is 11.3 Å². The van der Waals surface area contributed by atoms with Crippen molar-refractivity contribution in [2.45, 2.75) is 10.3 Å². The lowest BCUT2D eigenvalue weighted by molar-refractivity contribution is 0.0960. The zero-order valence-electron chi connectivity index (χ0n) is 11.8. The number of nitrogens with two attached hydrogens (primary N) is 1. The first-order chi connectivity index (χ1) is 10.4. The van der Waals surface area contributed by atoms with Crippen LogP contribution in [0.25, 0.3) is 0 Å². The molecule has 2 aromatic rings. The lowest BCUT2D eigenvalue weighted by Gasteiger charge is -2.29. The highest BCUT2D eigenvalue weighted by molar-refractivity contribution is 7.91. The van der Waals surface area contributed by atoms with Crippen LogP contribution in [-0.4, -0.2) is 39.7 Å². The van der Waals surface area contributed by atoms with E-state index in [1.165, 1.54) is 6.20 Å². The number of aromatic nitrogens is 1. The molecule has 7 nitrogen and oxygen atoms in total. The van der Waals surface area contributed by atoms with Crippen molar-refractivity contribution in [3.05, 3.63) is 30.5 Å². The van der Waals surface area contributed by atoms with Crippen LogP contribution in [0.5, 0.6) is 11.5 Å². The van der Waals surface area contributed by atoms with Crippen LogP contribution in [0.3, 0.4) is 0 Å². The summed E-state index contributed by atoms with van der Waals surface area (Å²) in [6.45, 7) is 0.945. The van der Waals surface area contributed by atoms with Crippen LogP contribution in [0, 0.1) is 0 Å². The quantitative estimate of drug-likeness (QED) is 0.894. The highest BCUT2D eigenvalue weighted by Gasteiger charge is 2.23. The summed E-state index contributed by atoms with van der Waals surface area (Å²) in [4.78, 5) is 5.90. The van der Waals surface area contributed by atoms with E-state index >= 15 is 0 Å². The van der Waals surface area contributed by atoms with Gasteiger partial charge in [-0.05, 0) is 12.1 Å². The maximum atomic E-state index is 11.3. The zero-order valence-corrected chi connectivity index (χ0v) is 13.4. The lowest BCUT2D eigenvalue weighted by Crippen LogP contribution is -2.39. The van der Waals surface area contributed by atoms with Crippen molar-refractivity contribution in [3.8, 4) is 11.5 Å². The molecule has 2 heterocycles. The number of rotatable bonds is 4. The summed E-state index contributed by atoms with van der Waals surface area (Å²) >= 11 is 1.03. The minimum atomic E-state index is -3.72. The molecule has 0 saturated heterocycles. The Morgan fingerprint density at radius 2 is 2.14 bits per heavy atom. The normalized spacial score (nSPS) is 17.3. The number of hydrogen-bond acceptors (Lipinski definition) is 7. The van der Waals surface area contributed by atoms with E-state index in [2.05, 4.69) is 4.98 Å². The van der Waals surface area contributed by atoms with Crippen molar-refractivity contribution in [2.24, 2.45) is 5.14 Å². The zero-order chi connectivity index (χ0) is 15.7. The Morgan fingerprint density at radius 1 is 1.41 bits per heavy atom. The fraction of sp³-hybridized carbons (Fsp3) is 0.308. The van der Waals surface area contributed by atoms with Gasteiger partial charge in [0.1, 0.15) is 6.61 Å². The number of likely N-dealkylation sites (N-methyl/N-ethyl adjacent to an activating group) is 1. The molecule has 0 amide bonds. The van der Waals surface area contributed by atoms with Crippen LogP contribution in [0.15, 0.2) is 34.7 Å². The van der Waals surface area contributed by atoms with Crippen LogP contribution in [0.2, 0.25) is 0 Å². The van der Waals surface area contributed by atoms with Gasteiger partial charge in [0, 0.05) is 7.05 Å². The minimum absolute atomic E-state index is 0.0421. The number of hydrogen-bond donors (Lipinski definition) is 1. The Bertz CT molecular complexity index is 775. The Hall–Kier alpha value is -1.84. The molecule has 9 heteroatoms. The van der Waals surface area contributed by atoms with Gasteiger partial charge in [-0.2, -0.15) is 0 Å². The molecule has 0 spiro atoms. The van der Waals surface area contributed by atoms with Gasteiger partial charge in [0.05, 0.1) is 12.7 Å². The molecule has 0 radical (unpaired) electrons. The van der Waals surface area contributed by atoms with Gasteiger partial charge in [-0.3, -0.25) is 0 Å². The second-order valence-electron chi connectivity index (χ2n) is 4.89. The SMILES string of the molecule is CN(C[C@@H]1COc2ccccc2O1)c1ncc(S(N)(=O)=O)s1. The molecule has 3 rings (SSSR count). The molecule has 118 valence electrons. The first-order valence-electron chi connectivity index (χ1n) is 6.52. The number of anilines is 1. The molecule has 1 atom stereocenters. The summed E-state index contributed by atoms with van der Waals surface area (Å²) in [6.07, 6.45) is 1.10. The number of nitrogens with zero attached hydrogens (tertiary/aromatic N) is 2. The van der Waals surface area contributed by atoms with E-state index in [9.17, 15) is 8.42 Å². The van der Waals surface area contributed by atoms with E-state index in [0.717, 1.165) is 17.1 Å². The van der Waals surface area contributed by atoms with Crippen LogP contribution in [-0.2, 0) is 10.0 Å². The fourth-order valence-corrected chi connectivity index (χ4v) is 3.60. The molecule has 0 aliphatic carbocycles. The third-order valence-corrected chi connectivity index (χ3v) is 5.64. The Balaban J connectivity index is 1.68. The number of para-hydroxylation sites is 2. The first-order valence-corrected chi connectivity index (χ1v) is 8.88. The van der Waals surface area contributed by atoms with Crippen molar-refractivity contribution < 1.29 is 17.9 Å². The number of benzene rings is 1. The molecule has 1 aromatic heterocycles. The third kappa shape index (κ3) is 3.16. The van der Waals surface area contributed by atoms with Crippen molar-refractivity contribution in [3.63, 3.8) is 0 Å². The lowest BCUT2D eigenvalue weighted by atomic mass is 10.2. The van der Waals surface area contributed by atoms with Gasteiger partial charge < -0.3 is 14.4 Å². The van der Waals surface area contributed by atoms with E-state index in [-0.39, 0.29) is 10.3 Å². The number of sulfonamides is 1. The van der Waals surface area contributed by atoms with E-state index in [1.54, 1.807) is 0 Å². The second kappa shape index (κ2) is 5.75. The van der Waals surface area contributed by atoms with Crippen molar-refractivity contribution >= 4 is 26.5 Å². The summed E-state index contributed by atoms with van der Waals surface area (Å²) in [5.74, 6) is 1.43. The molecule has 2 N–H and O–H groups in total. The van der Waals surface area contributed by atoms with Gasteiger partial charge in [0.15, 0.2) is 26.9 Å². The van der Waals surface area contributed by atoms with E-state index in [4.69, 9.17) is 14.6 Å². The van der Waals surface area contributed by atoms with Gasteiger partial charge in [0.2, 0.25) is 10.0 Å². The predicted octanol–water partition coefficient (Wildman–Crippen LogP) is 1.07. The molecular formula is C13H15N3O4S2. The van der Waals surface area contributed by atoms with Crippen LogP contribution in [0.1, 0.15) is 0 Å². The Morgan fingerprint density at radius 3 is 2.82 bits per heavy atom. The number of fused-ring (bicyclic) bond motifs is 1. The molecule has 0 saturated carbocycles. The largest absolute Gasteiger partial charge is 0.486 e. The highest BCUT2D eigenvalue weighted by atomic mass is 32.2.